The average molecular weight is 625 g/mol. The van der Waals surface area contributed by atoms with Crippen LogP contribution in [0.15, 0.2) is 72.8 Å². The molecule has 3 rings (SSSR count). The van der Waals surface area contributed by atoms with Gasteiger partial charge in [-0.2, -0.15) is 0 Å². The molecule has 0 aliphatic rings. The molecule has 0 unspecified atom stereocenters. The van der Waals surface area contributed by atoms with Crippen molar-refractivity contribution in [3.63, 3.8) is 0 Å². The Balaban J connectivity index is 2.07. The lowest BCUT2D eigenvalue weighted by atomic mass is 10.0. The summed E-state index contributed by atoms with van der Waals surface area (Å²) in [5.74, 6) is -0.756. The van der Waals surface area contributed by atoms with Crippen LogP contribution in [0.25, 0.3) is 0 Å². The van der Waals surface area contributed by atoms with Gasteiger partial charge in [-0.1, -0.05) is 97.2 Å². The van der Waals surface area contributed by atoms with E-state index in [-0.39, 0.29) is 35.5 Å². The predicted octanol–water partition coefficient (Wildman–Crippen LogP) is 5.83. The zero-order valence-corrected chi connectivity index (χ0v) is 25.6. The van der Waals surface area contributed by atoms with Crippen LogP contribution in [0.1, 0.15) is 25.0 Å². The number of amides is 2. The Morgan fingerprint density at radius 3 is 2.10 bits per heavy atom. The highest BCUT2D eigenvalue weighted by atomic mass is 35.5. The minimum Gasteiger partial charge on any atom is -0.354 e. The summed E-state index contributed by atoms with van der Waals surface area (Å²) in [6.45, 7) is 3.78. The van der Waals surface area contributed by atoms with Crippen molar-refractivity contribution in [2.24, 2.45) is 5.92 Å². The number of carbonyl (C=O) groups excluding carboxylic acids is 2. The van der Waals surface area contributed by atoms with E-state index in [1.54, 1.807) is 36.4 Å². The number of hydrogen-bond donors (Lipinski definition) is 1. The summed E-state index contributed by atoms with van der Waals surface area (Å²) in [7, 11) is -3.92. The van der Waals surface area contributed by atoms with Gasteiger partial charge in [0.1, 0.15) is 12.6 Å². The topological polar surface area (TPSA) is 86.8 Å². The van der Waals surface area contributed by atoms with Crippen LogP contribution >= 0.6 is 34.8 Å². The van der Waals surface area contributed by atoms with Gasteiger partial charge < -0.3 is 10.2 Å². The summed E-state index contributed by atoms with van der Waals surface area (Å²) in [6.07, 6.45) is 1.21. The van der Waals surface area contributed by atoms with Crippen molar-refractivity contribution in [3.05, 3.63) is 99.0 Å². The lowest BCUT2D eigenvalue weighted by Gasteiger charge is -2.34. The Morgan fingerprint density at radius 2 is 1.50 bits per heavy atom. The van der Waals surface area contributed by atoms with Gasteiger partial charge in [0, 0.05) is 19.5 Å². The number of nitrogens with zero attached hydrogens (tertiary/aromatic N) is 2. The number of nitrogens with one attached hydrogen (secondary N) is 1. The maximum atomic E-state index is 14.1. The number of sulfonamides is 1. The Bertz CT molecular complexity index is 1440. The summed E-state index contributed by atoms with van der Waals surface area (Å²) >= 11 is 18.7. The molecular weight excluding hydrogens is 593 g/mol. The molecule has 3 aromatic carbocycles. The number of para-hydroxylation sites is 1. The number of carbonyl (C=O) groups is 2. The smallest absolute Gasteiger partial charge is 0.244 e. The summed E-state index contributed by atoms with van der Waals surface area (Å²) in [5.41, 5.74) is 1.63. The van der Waals surface area contributed by atoms with E-state index in [1.165, 1.54) is 11.0 Å². The highest BCUT2D eigenvalue weighted by Gasteiger charge is 2.33. The highest BCUT2D eigenvalue weighted by Crippen LogP contribution is 2.28. The van der Waals surface area contributed by atoms with E-state index in [0.717, 1.165) is 16.1 Å². The van der Waals surface area contributed by atoms with Crippen LogP contribution in [-0.4, -0.2) is 50.5 Å². The molecule has 0 heterocycles. The summed E-state index contributed by atoms with van der Waals surface area (Å²) < 4.78 is 26.6. The van der Waals surface area contributed by atoms with Crippen molar-refractivity contribution in [1.82, 2.24) is 10.2 Å². The molecule has 0 saturated carbocycles. The first kappa shape index (κ1) is 31.7. The molecule has 40 heavy (non-hydrogen) atoms. The molecule has 1 atom stereocenters. The predicted molar refractivity (Wildman–Crippen MR) is 162 cm³/mol. The third-order valence-electron chi connectivity index (χ3n) is 6.09. The number of hydrogen-bond acceptors (Lipinski definition) is 4. The van der Waals surface area contributed by atoms with Crippen molar-refractivity contribution in [2.75, 3.05) is 23.7 Å². The molecule has 0 fully saturated rings. The van der Waals surface area contributed by atoms with Gasteiger partial charge in [0.15, 0.2) is 0 Å². The van der Waals surface area contributed by atoms with Crippen molar-refractivity contribution >= 4 is 62.3 Å². The summed E-state index contributed by atoms with van der Waals surface area (Å²) in [4.78, 5) is 29.1. The zero-order chi connectivity index (χ0) is 29.4. The van der Waals surface area contributed by atoms with Crippen LogP contribution in [0.4, 0.5) is 5.69 Å². The normalized spacial score (nSPS) is 12.2. The zero-order valence-electron chi connectivity index (χ0n) is 22.5. The van der Waals surface area contributed by atoms with Gasteiger partial charge in [-0.05, 0) is 41.3 Å². The summed E-state index contributed by atoms with van der Waals surface area (Å²) in [6, 6.07) is 19.7. The Kier molecular flexibility index (Phi) is 11.3. The number of benzene rings is 3. The minimum atomic E-state index is -3.92. The van der Waals surface area contributed by atoms with Crippen molar-refractivity contribution in [2.45, 2.75) is 32.9 Å². The van der Waals surface area contributed by atoms with Crippen LogP contribution in [0, 0.1) is 5.92 Å². The first-order valence-electron chi connectivity index (χ1n) is 12.6. The van der Waals surface area contributed by atoms with Crippen LogP contribution < -0.4 is 9.62 Å². The van der Waals surface area contributed by atoms with Crippen LogP contribution in [-0.2, 0) is 32.6 Å². The van der Waals surface area contributed by atoms with E-state index in [4.69, 9.17) is 34.8 Å². The Labute approximate surface area is 251 Å². The Hall–Kier alpha value is -2.78. The second kappa shape index (κ2) is 14.2. The Morgan fingerprint density at radius 1 is 0.850 bits per heavy atom. The molecule has 0 aromatic heterocycles. The molecule has 0 radical (unpaired) electrons. The third kappa shape index (κ3) is 8.86. The monoisotopic (exact) mass is 623 g/mol. The quantitative estimate of drug-likeness (QED) is 0.275. The van der Waals surface area contributed by atoms with Crippen molar-refractivity contribution < 1.29 is 18.0 Å². The van der Waals surface area contributed by atoms with E-state index in [0.29, 0.717) is 22.2 Å². The molecule has 11 heteroatoms. The van der Waals surface area contributed by atoms with Crippen LogP contribution in [0.5, 0.6) is 0 Å². The molecule has 0 saturated heterocycles. The fraction of sp³-hybridized carbons (Fsp3) is 0.310. The average Bonchev–Trinajstić information content (AvgIpc) is 2.90. The molecule has 1 N–H and O–H groups in total. The lowest BCUT2D eigenvalue weighted by molar-refractivity contribution is -0.140. The third-order valence-corrected chi connectivity index (χ3v) is 8.28. The molecule has 7 nitrogen and oxygen atoms in total. The van der Waals surface area contributed by atoms with Gasteiger partial charge in [-0.3, -0.25) is 13.9 Å². The van der Waals surface area contributed by atoms with E-state index >= 15 is 0 Å². The fourth-order valence-corrected chi connectivity index (χ4v) is 5.53. The van der Waals surface area contributed by atoms with E-state index < -0.39 is 28.5 Å². The SMILES string of the molecule is CC(C)CNC(=O)[C@H](Cc1ccccc1)N(Cc1ccc(Cl)c(Cl)c1)C(=O)CN(c1ccccc1Cl)S(C)(=O)=O. The van der Waals surface area contributed by atoms with Crippen LogP contribution in [0.3, 0.4) is 0 Å². The fourth-order valence-electron chi connectivity index (χ4n) is 4.06. The molecular formula is C29H32Cl3N3O4S. The molecule has 0 aliphatic heterocycles. The second-order valence-electron chi connectivity index (χ2n) is 9.84. The molecule has 214 valence electrons. The van der Waals surface area contributed by atoms with Gasteiger partial charge in [-0.25, -0.2) is 8.42 Å². The lowest BCUT2D eigenvalue weighted by Crippen LogP contribution is -2.53. The number of halogens is 3. The van der Waals surface area contributed by atoms with Gasteiger partial charge in [-0.15, -0.1) is 0 Å². The van der Waals surface area contributed by atoms with E-state index in [1.807, 2.05) is 44.2 Å². The molecule has 0 bridgehead atoms. The van der Waals surface area contributed by atoms with Crippen LogP contribution in [0.2, 0.25) is 15.1 Å². The van der Waals surface area contributed by atoms with Crippen molar-refractivity contribution in [3.8, 4) is 0 Å². The summed E-state index contributed by atoms with van der Waals surface area (Å²) in [5, 5.41) is 3.75. The molecule has 0 aliphatic carbocycles. The molecule has 3 aromatic rings. The van der Waals surface area contributed by atoms with Gasteiger partial charge >= 0.3 is 0 Å². The minimum absolute atomic E-state index is 0.0115. The molecule has 0 spiro atoms. The van der Waals surface area contributed by atoms with Gasteiger partial charge in [0.25, 0.3) is 0 Å². The molecule has 2 amide bonds. The first-order valence-corrected chi connectivity index (χ1v) is 15.6. The maximum absolute atomic E-state index is 14.1. The number of anilines is 1. The number of rotatable bonds is 12. The maximum Gasteiger partial charge on any atom is 0.244 e. The second-order valence-corrected chi connectivity index (χ2v) is 13.0. The van der Waals surface area contributed by atoms with E-state index in [9.17, 15) is 18.0 Å². The van der Waals surface area contributed by atoms with Crippen molar-refractivity contribution in [1.29, 1.82) is 0 Å². The largest absolute Gasteiger partial charge is 0.354 e. The van der Waals surface area contributed by atoms with Gasteiger partial charge in [0.05, 0.1) is 27.0 Å². The van der Waals surface area contributed by atoms with E-state index in [2.05, 4.69) is 5.32 Å². The highest BCUT2D eigenvalue weighted by molar-refractivity contribution is 7.92. The van der Waals surface area contributed by atoms with Gasteiger partial charge in [0.2, 0.25) is 21.8 Å². The standard InChI is InChI=1S/C29H32Cl3N3O4S/c1-20(2)17-33-29(37)27(16-21-9-5-4-6-10-21)34(18-22-13-14-23(30)25(32)15-22)28(36)19-35(40(3,38)39)26-12-8-7-11-24(26)31/h4-15,20,27H,16-19H2,1-3H3,(H,33,37)/t27-/m0/s1. The first-order chi connectivity index (χ1) is 18.9.